The molecule has 0 radical (unpaired) electrons. The van der Waals surface area contributed by atoms with Gasteiger partial charge in [-0.25, -0.2) is 4.79 Å². The summed E-state index contributed by atoms with van der Waals surface area (Å²) in [5.41, 5.74) is -0.421. The maximum Gasteiger partial charge on any atom is 0.514 e. The van der Waals surface area contributed by atoms with Crippen LogP contribution in [0.25, 0.3) is 0 Å². The fourth-order valence-corrected chi connectivity index (χ4v) is 1.71. The third-order valence-corrected chi connectivity index (χ3v) is 2.46. The number of carbonyl (C=O) groups is 1. The lowest BCUT2D eigenvalue weighted by atomic mass is 10.2. The van der Waals surface area contributed by atoms with E-state index in [1.54, 1.807) is 19.9 Å². The largest absolute Gasteiger partial charge is 0.514 e. The Morgan fingerprint density at radius 3 is 2.63 bits per heavy atom. The highest BCUT2D eigenvalue weighted by Crippen LogP contribution is 2.36. The second kappa shape index (κ2) is 6.15. The molecule has 0 saturated carbocycles. The van der Waals surface area contributed by atoms with E-state index in [1.807, 2.05) is 0 Å². The van der Waals surface area contributed by atoms with Gasteiger partial charge in [0.2, 0.25) is 5.75 Å². The van der Waals surface area contributed by atoms with E-state index >= 15 is 0 Å². The molecule has 0 atom stereocenters. The highest BCUT2D eigenvalue weighted by molar-refractivity contribution is 9.10. The Bertz CT molecular complexity index is 565. The summed E-state index contributed by atoms with van der Waals surface area (Å²) in [6, 6.07) is 4.10. The maximum absolute atomic E-state index is 11.4. The van der Waals surface area contributed by atoms with Gasteiger partial charge in [-0.1, -0.05) is 0 Å². The molecule has 1 aromatic rings. The molecule has 0 fully saturated rings. The number of nitriles is 1. The van der Waals surface area contributed by atoms with E-state index in [2.05, 4.69) is 15.9 Å². The van der Waals surface area contributed by atoms with E-state index in [0.29, 0.717) is 0 Å². The number of halogens is 1. The predicted octanol–water partition coefficient (Wildman–Crippen LogP) is 3.15. The lowest BCUT2D eigenvalue weighted by Crippen LogP contribution is -2.16. The molecule has 0 aliphatic carbocycles. The van der Waals surface area contributed by atoms with Crippen LogP contribution in [0.5, 0.6) is 5.75 Å². The molecule has 0 heterocycles. The summed E-state index contributed by atoms with van der Waals surface area (Å²) in [5, 5.41) is 19.6. The Morgan fingerprint density at radius 1 is 1.53 bits per heavy atom. The monoisotopic (exact) mass is 328 g/mol. The summed E-state index contributed by atoms with van der Waals surface area (Å²) in [6.45, 7) is 3.23. The number of nitrogens with zero attached hydrogens (tertiary/aromatic N) is 2. The van der Waals surface area contributed by atoms with Crippen LogP contribution in [0.2, 0.25) is 0 Å². The molecule has 1 rings (SSSR count). The Balaban J connectivity index is 3.16. The van der Waals surface area contributed by atoms with E-state index in [9.17, 15) is 14.9 Å². The minimum Gasteiger partial charge on any atom is -0.431 e. The molecule has 19 heavy (non-hydrogen) atoms. The van der Waals surface area contributed by atoms with Gasteiger partial charge in [0.25, 0.3) is 0 Å². The van der Waals surface area contributed by atoms with Crippen molar-refractivity contribution in [1.29, 1.82) is 5.26 Å². The summed E-state index contributed by atoms with van der Waals surface area (Å²) in [4.78, 5) is 21.5. The number of benzene rings is 1. The average molecular weight is 329 g/mol. The molecule has 0 saturated heterocycles. The van der Waals surface area contributed by atoms with Crippen LogP contribution in [0, 0.1) is 21.4 Å². The lowest BCUT2D eigenvalue weighted by molar-refractivity contribution is -0.385. The molecule has 0 N–H and O–H groups in total. The van der Waals surface area contributed by atoms with Gasteiger partial charge in [0.1, 0.15) is 0 Å². The molecule has 100 valence electrons. The summed E-state index contributed by atoms with van der Waals surface area (Å²) in [7, 11) is 0. The number of carbonyl (C=O) groups excluding carboxylic acids is 1. The van der Waals surface area contributed by atoms with Crippen molar-refractivity contribution in [1.82, 2.24) is 0 Å². The fraction of sp³-hybridized carbons (Fsp3) is 0.273. The quantitative estimate of drug-likeness (QED) is 0.365. The Hall–Kier alpha value is -2.14. The zero-order valence-electron chi connectivity index (χ0n) is 10.0. The van der Waals surface area contributed by atoms with Crippen LogP contribution in [0.15, 0.2) is 16.6 Å². The Morgan fingerprint density at radius 2 is 2.16 bits per heavy atom. The molecule has 8 heteroatoms. The molecule has 0 aliphatic heterocycles. The van der Waals surface area contributed by atoms with Gasteiger partial charge in [-0.2, -0.15) is 5.26 Å². The van der Waals surface area contributed by atoms with Gasteiger partial charge < -0.3 is 9.47 Å². The molecule has 0 aromatic heterocycles. The van der Waals surface area contributed by atoms with Crippen LogP contribution in [0.3, 0.4) is 0 Å². The smallest absolute Gasteiger partial charge is 0.431 e. The highest BCUT2D eigenvalue weighted by atomic mass is 79.9. The third-order valence-electron chi connectivity index (χ3n) is 1.87. The molecular weight excluding hydrogens is 320 g/mol. The van der Waals surface area contributed by atoms with E-state index in [4.69, 9.17) is 14.7 Å². The van der Waals surface area contributed by atoms with Gasteiger partial charge in [0.05, 0.1) is 27.1 Å². The first-order valence-electron chi connectivity index (χ1n) is 5.11. The van der Waals surface area contributed by atoms with Crippen molar-refractivity contribution in [3.05, 3.63) is 32.3 Å². The summed E-state index contributed by atoms with van der Waals surface area (Å²) in [5.74, 6) is -0.297. The number of hydrogen-bond acceptors (Lipinski definition) is 6. The van der Waals surface area contributed by atoms with E-state index in [-0.39, 0.29) is 15.8 Å². The van der Waals surface area contributed by atoms with Gasteiger partial charge >= 0.3 is 11.8 Å². The minimum absolute atomic E-state index is 0.0724. The van der Waals surface area contributed by atoms with Crippen molar-refractivity contribution in [2.24, 2.45) is 0 Å². The third kappa shape index (κ3) is 3.93. The molecule has 1 aromatic carbocycles. The number of hydrogen-bond donors (Lipinski definition) is 0. The van der Waals surface area contributed by atoms with E-state index < -0.39 is 22.9 Å². The van der Waals surface area contributed by atoms with Crippen molar-refractivity contribution in [2.75, 3.05) is 0 Å². The van der Waals surface area contributed by atoms with Crippen LogP contribution in [-0.2, 0) is 4.74 Å². The van der Waals surface area contributed by atoms with E-state index in [1.165, 1.54) is 6.07 Å². The van der Waals surface area contributed by atoms with Crippen LogP contribution in [0.4, 0.5) is 10.5 Å². The van der Waals surface area contributed by atoms with Crippen LogP contribution >= 0.6 is 15.9 Å². The molecule has 0 aliphatic rings. The molecule has 0 spiro atoms. The second-order valence-corrected chi connectivity index (χ2v) is 4.55. The fourth-order valence-electron chi connectivity index (χ4n) is 1.18. The van der Waals surface area contributed by atoms with E-state index in [0.717, 1.165) is 6.07 Å². The standard InChI is InChI=1S/C11H9BrN2O5/c1-6(2)18-11(15)19-10-8(12)3-7(5-13)4-9(10)14(16)17/h3-4,6H,1-2H3. The van der Waals surface area contributed by atoms with Gasteiger partial charge in [0.15, 0.2) is 0 Å². The number of rotatable bonds is 3. The van der Waals surface area contributed by atoms with Gasteiger partial charge in [-0.3, -0.25) is 10.1 Å². The molecule has 0 unspecified atom stereocenters. The number of ether oxygens (including phenoxy) is 2. The molecule has 0 bridgehead atoms. The van der Waals surface area contributed by atoms with Crippen LogP contribution in [0.1, 0.15) is 19.4 Å². The second-order valence-electron chi connectivity index (χ2n) is 3.69. The summed E-state index contributed by atoms with van der Waals surface area (Å²) < 4.78 is 9.64. The lowest BCUT2D eigenvalue weighted by Gasteiger charge is -2.09. The Labute approximate surface area is 117 Å². The number of nitro benzene ring substituents is 1. The molecule has 0 amide bonds. The van der Waals surface area contributed by atoms with Crippen molar-refractivity contribution >= 4 is 27.8 Å². The first kappa shape index (κ1) is 14.9. The summed E-state index contributed by atoms with van der Waals surface area (Å²) >= 11 is 3.01. The zero-order valence-corrected chi connectivity index (χ0v) is 11.6. The van der Waals surface area contributed by atoms with Crippen molar-refractivity contribution < 1.29 is 19.2 Å². The maximum atomic E-state index is 11.4. The van der Waals surface area contributed by atoms with Gasteiger partial charge in [0, 0.05) is 6.07 Å². The summed E-state index contributed by atoms with van der Waals surface area (Å²) in [6.07, 6.45) is -1.47. The SMILES string of the molecule is CC(C)OC(=O)Oc1c(Br)cc(C#N)cc1[N+](=O)[O-]. The predicted molar refractivity (Wildman–Crippen MR) is 67.8 cm³/mol. The normalized spacial score (nSPS) is 9.84. The first-order chi connectivity index (χ1) is 8.85. The van der Waals surface area contributed by atoms with Crippen molar-refractivity contribution in [3.8, 4) is 11.8 Å². The Kier molecular flexibility index (Phi) is 4.83. The topological polar surface area (TPSA) is 102 Å². The molecular formula is C11H9BrN2O5. The first-order valence-corrected chi connectivity index (χ1v) is 5.91. The van der Waals surface area contributed by atoms with Crippen LogP contribution in [-0.4, -0.2) is 17.2 Å². The highest BCUT2D eigenvalue weighted by Gasteiger charge is 2.24. The van der Waals surface area contributed by atoms with Crippen molar-refractivity contribution in [2.45, 2.75) is 20.0 Å². The number of nitro groups is 1. The zero-order chi connectivity index (χ0) is 14.6. The van der Waals surface area contributed by atoms with Crippen LogP contribution < -0.4 is 4.74 Å². The average Bonchev–Trinajstić information content (AvgIpc) is 2.29. The van der Waals surface area contributed by atoms with Crippen molar-refractivity contribution in [3.63, 3.8) is 0 Å². The van der Waals surface area contributed by atoms with Gasteiger partial charge in [-0.05, 0) is 35.8 Å². The van der Waals surface area contributed by atoms with Gasteiger partial charge in [-0.15, -0.1) is 0 Å². The molecule has 7 nitrogen and oxygen atoms in total. The minimum atomic E-state index is -1.05.